The van der Waals surface area contributed by atoms with E-state index in [0.29, 0.717) is 18.9 Å². The highest BCUT2D eigenvalue weighted by Crippen LogP contribution is 2.32. The molecule has 0 spiro atoms. The summed E-state index contributed by atoms with van der Waals surface area (Å²) in [5.41, 5.74) is -0.605. The number of aliphatic hydroxyl groups excluding tert-OH is 1. The summed E-state index contributed by atoms with van der Waals surface area (Å²) in [5.74, 6) is 0.680. The number of carbonyl (C=O) groups excluding carboxylic acids is 1. The third kappa shape index (κ3) is 4.59. The average Bonchev–Trinajstić information content (AvgIpc) is 2.85. The maximum absolute atomic E-state index is 12.1. The lowest BCUT2D eigenvalue weighted by Crippen LogP contribution is -2.57. The van der Waals surface area contributed by atoms with Crippen LogP contribution in [0.5, 0.6) is 0 Å². The van der Waals surface area contributed by atoms with Crippen molar-refractivity contribution in [3.05, 3.63) is 0 Å². The predicted octanol–water partition coefficient (Wildman–Crippen LogP) is 1.05. The van der Waals surface area contributed by atoms with Crippen LogP contribution in [0.15, 0.2) is 0 Å². The van der Waals surface area contributed by atoms with Gasteiger partial charge in [0.2, 0.25) is 0 Å². The van der Waals surface area contributed by atoms with Gasteiger partial charge in [0.1, 0.15) is 0 Å². The number of aliphatic hydroxyl groups is 1. The van der Waals surface area contributed by atoms with Crippen molar-refractivity contribution < 1.29 is 18.3 Å². The van der Waals surface area contributed by atoms with Gasteiger partial charge >= 0.3 is 6.03 Å². The Morgan fingerprint density at radius 2 is 1.91 bits per heavy atom. The Balaban J connectivity index is 1.81. The molecule has 128 valence electrons. The van der Waals surface area contributed by atoms with E-state index in [1.807, 2.05) is 6.92 Å². The van der Waals surface area contributed by atoms with Crippen molar-refractivity contribution in [2.45, 2.75) is 51.0 Å². The smallest absolute Gasteiger partial charge is 0.315 e. The molecular weight excluding hydrogens is 304 g/mol. The molecular formula is C15H28N2O4S. The summed E-state index contributed by atoms with van der Waals surface area (Å²) in [4.78, 5) is 12.1. The van der Waals surface area contributed by atoms with Gasteiger partial charge in [-0.1, -0.05) is 19.3 Å². The molecule has 2 aliphatic rings. The van der Waals surface area contributed by atoms with Crippen LogP contribution in [0.25, 0.3) is 0 Å². The first-order valence-electron chi connectivity index (χ1n) is 8.22. The number of amides is 2. The van der Waals surface area contributed by atoms with Crippen molar-refractivity contribution in [1.82, 2.24) is 10.6 Å². The summed E-state index contributed by atoms with van der Waals surface area (Å²) in [5, 5.41) is 15.4. The van der Waals surface area contributed by atoms with Crippen LogP contribution in [0.2, 0.25) is 0 Å². The first-order valence-corrected chi connectivity index (χ1v) is 10.0. The molecule has 2 unspecified atom stereocenters. The van der Waals surface area contributed by atoms with Gasteiger partial charge < -0.3 is 15.7 Å². The maximum Gasteiger partial charge on any atom is 0.315 e. The molecule has 1 saturated carbocycles. The van der Waals surface area contributed by atoms with Gasteiger partial charge in [0.05, 0.1) is 23.7 Å². The zero-order valence-corrected chi connectivity index (χ0v) is 14.1. The van der Waals surface area contributed by atoms with Crippen molar-refractivity contribution in [1.29, 1.82) is 0 Å². The second kappa shape index (κ2) is 7.17. The molecule has 2 fully saturated rings. The standard InChI is InChI=1S/C15H28N2O4S/c1-15(11-18,13-5-3-2-4-6-13)17-14(19)16-9-12-7-8-22(20,21)10-12/h12-13,18H,2-11H2,1H3,(H2,16,17,19). The molecule has 0 aromatic heterocycles. The second-order valence-electron chi connectivity index (χ2n) is 7.01. The zero-order chi connectivity index (χ0) is 16.2. The molecule has 2 amide bonds. The molecule has 0 aromatic rings. The molecule has 2 atom stereocenters. The molecule has 0 bridgehead atoms. The number of hydrogen-bond acceptors (Lipinski definition) is 4. The summed E-state index contributed by atoms with van der Waals surface area (Å²) < 4.78 is 22.8. The average molecular weight is 332 g/mol. The lowest BCUT2D eigenvalue weighted by atomic mass is 9.76. The van der Waals surface area contributed by atoms with E-state index < -0.39 is 15.4 Å². The molecule has 1 heterocycles. The molecule has 0 aromatic carbocycles. The minimum absolute atomic E-state index is 0.00538. The first-order chi connectivity index (χ1) is 10.3. The van der Waals surface area contributed by atoms with E-state index in [1.54, 1.807) is 0 Å². The van der Waals surface area contributed by atoms with Crippen LogP contribution in [-0.2, 0) is 9.84 Å². The van der Waals surface area contributed by atoms with Gasteiger partial charge in [-0.2, -0.15) is 0 Å². The quantitative estimate of drug-likeness (QED) is 0.701. The molecule has 1 aliphatic heterocycles. The van der Waals surface area contributed by atoms with Gasteiger partial charge in [0.25, 0.3) is 0 Å². The normalized spacial score (nSPS) is 28.0. The molecule has 1 aliphatic carbocycles. The minimum atomic E-state index is -2.91. The van der Waals surface area contributed by atoms with E-state index in [2.05, 4.69) is 10.6 Å². The van der Waals surface area contributed by atoms with Crippen LogP contribution >= 0.6 is 0 Å². The SMILES string of the molecule is CC(CO)(NC(=O)NCC1CCS(=O)(=O)C1)C1CCCCC1. The third-order valence-corrected chi connectivity index (χ3v) is 6.95. The first kappa shape index (κ1) is 17.5. The third-order valence-electron chi connectivity index (χ3n) is 5.11. The minimum Gasteiger partial charge on any atom is -0.394 e. The predicted molar refractivity (Wildman–Crippen MR) is 85.4 cm³/mol. The van der Waals surface area contributed by atoms with Gasteiger partial charge in [0.15, 0.2) is 9.84 Å². The number of urea groups is 1. The number of carbonyl (C=O) groups is 1. The zero-order valence-electron chi connectivity index (χ0n) is 13.3. The molecule has 0 radical (unpaired) electrons. The lowest BCUT2D eigenvalue weighted by Gasteiger charge is -2.39. The van der Waals surface area contributed by atoms with Crippen LogP contribution in [-0.4, -0.2) is 49.8 Å². The molecule has 1 saturated heterocycles. The van der Waals surface area contributed by atoms with Gasteiger partial charge in [-0.15, -0.1) is 0 Å². The second-order valence-corrected chi connectivity index (χ2v) is 9.24. The molecule has 2 rings (SSSR count). The Hall–Kier alpha value is -0.820. The Morgan fingerprint density at radius 3 is 2.45 bits per heavy atom. The largest absolute Gasteiger partial charge is 0.394 e. The van der Waals surface area contributed by atoms with Gasteiger partial charge in [-0.25, -0.2) is 13.2 Å². The Morgan fingerprint density at radius 1 is 1.23 bits per heavy atom. The topological polar surface area (TPSA) is 95.5 Å². The maximum atomic E-state index is 12.1. The van der Waals surface area contributed by atoms with Crippen LogP contribution in [0, 0.1) is 11.8 Å². The molecule has 6 nitrogen and oxygen atoms in total. The Kier molecular flexibility index (Phi) is 5.71. The fraction of sp³-hybridized carbons (Fsp3) is 0.933. The summed E-state index contributed by atoms with van der Waals surface area (Å²) in [6.07, 6.45) is 6.17. The van der Waals surface area contributed by atoms with E-state index in [0.717, 1.165) is 25.7 Å². The van der Waals surface area contributed by atoms with Crippen molar-refractivity contribution in [3.8, 4) is 0 Å². The summed E-state index contributed by atoms with van der Waals surface area (Å²) in [6.45, 7) is 2.18. The number of sulfone groups is 1. The monoisotopic (exact) mass is 332 g/mol. The van der Waals surface area contributed by atoms with Gasteiger partial charge in [0, 0.05) is 6.54 Å². The van der Waals surface area contributed by atoms with E-state index in [1.165, 1.54) is 6.42 Å². The fourth-order valence-corrected chi connectivity index (χ4v) is 5.45. The number of nitrogens with one attached hydrogen (secondary N) is 2. The van der Waals surface area contributed by atoms with Gasteiger partial charge in [-0.3, -0.25) is 0 Å². The Bertz CT molecular complexity index is 488. The summed E-state index contributed by atoms with van der Waals surface area (Å²) in [7, 11) is -2.91. The van der Waals surface area contributed by atoms with Crippen molar-refractivity contribution in [3.63, 3.8) is 0 Å². The van der Waals surface area contributed by atoms with Gasteiger partial charge in [-0.05, 0) is 38.0 Å². The number of hydrogen-bond donors (Lipinski definition) is 3. The Labute approximate surface area is 133 Å². The van der Waals surface area contributed by atoms with Crippen LogP contribution in [0.3, 0.4) is 0 Å². The van der Waals surface area contributed by atoms with Crippen LogP contribution in [0.4, 0.5) is 4.79 Å². The van der Waals surface area contributed by atoms with Crippen LogP contribution < -0.4 is 10.6 Å². The summed E-state index contributed by atoms with van der Waals surface area (Å²) in [6, 6.07) is -0.313. The van der Waals surface area contributed by atoms with E-state index >= 15 is 0 Å². The summed E-state index contributed by atoms with van der Waals surface area (Å²) >= 11 is 0. The van der Waals surface area contributed by atoms with Crippen molar-refractivity contribution in [2.24, 2.45) is 11.8 Å². The van der Waals surface area contributed by atoms with Crippen LogP contribution in [0.1, 0.15) is 45.4 Å². The van der Waals surface area contributed by atoms with E-state index in [9.17, 15) is 18.3 Å². The molecule has 7 heteroatoms. The molecule has 3 N–H and O–H groups in total. The highest BCUT2D eigenvalue weighted by molar-refractivity contribution is 7.91. The van der Waals surface area contributed by atoms with Crippen molar-refractivity contribution in [2.75, 3.05) is 24.7 Å². The van der Waals surface area contributed by atoms with E-state index in [4.69, 9.17) is 0 Å². The van der Waals surface area contributed by atoms with E-state index in [-0.39, 0.29) is 30.1 Å². The highest BCUT2D eigenvalue weighted by Gasteiger charge is 2.36. The fourth-order valence-electron chi connectivity index (χ4n) is 3.58. The number of rotatable bonds is 5. The highest BCUT2D eigenvalue weighted by atomic mass is 32.2. The lowest BCUT2D eigenvalue weighted by molar-refractivity contribution is 0.101. The van der Waals surface area contributed by atoms with Crippen molar-refractivity contribution >= 4 is 15.9 Å². The molecule has 22 heavy (non-hydrogen) atoms.